The van der Waals surface area contributed by atoms with Gasteiger partial charge >= 0.3 is 6.09 Å². The zero-order valence-corrected chi connectivity index (χ0v) is 17.9. The Hall–Kier alpha value is -2.94. The van der Waals surface area contributed by atoms with E-state index in [0.29, 0.717) is 36.5 Å². The standard InChI is InChI=1S/C23H27N3O6/c27-19-4-3-18(20(28)25-19)26-12-15-2-1-14(9-17(15)21(26)29)11-24-22(30)32-13-16-10-23(16)5-7-31-8-6-23/h1-2,9,16,18H,3-8,10-13H2,(H,24,30)(H,25,27,28). The lowest BCUT2D eigenvalue weighted by Crippen LogP contribution is -2.52. The Labute approximate surface area is 185 Å². The first-order valence-electron chi connectivity index (χ1n) is 11.2. The first kappa shape index (κ1) is 20.9. The molecule has 4 amide bonds. The van der Waals surface area contributed by atoms with E-state index in [9.17, 15) is 19.2 Å². The van der Waals surface area contributed by atoms with Gasteiger partial charge in [0.25, 0.3) is 5.91 Å². The van der Waals surface area contributed by atoms with Crippen LogP contribution in [0.5, 0.6) is 0 Å². The van der Waals surface area contributed by atoms with Gasteiger partial charge in [-0.3, -0.25) is 19.7 Å². The molecule has 1 saturated carbocycles. The molecule has 0 bridgehead atoms. The summed E-state index contributed by atoms with van der Waals surface area (Å²) in [4.78, 5) is 50.1. The van der Waals surface area contributed by atoms with Gasteiger partial charge in [-0.25, -0.2) is 4.79 Å². The average molecular weight is 441 g/mol. The second-order valence-electron chi connectivity index (χ2n) is 9.22. The average Bonchev–Trinajstić information content (AvgIpc) is 3.34. The maximum absolute atomic E-state index is 12.9. The number of hydrogen-bond acceptors (Lipinski definition) is 6. The van der Waals surface area contributed by atoms with Gasteiger partial charge in [0.1, 0.15) is 6.04 Å². The number of alkyl carbamates (subject to hydrolysis) is 1. The maximum Gasteiger partial charge on any atom is 0.407 e. The molecular formula is C23H27N3O6. The van der Waals surface area contributed by atoms with Gasteiger partial charge in [0.15, 0.2) is 0 Å². The third-order valence-corrected chi connectivity index (χ3v) is 7.29. The highest BCUT2D eigenvalue weighted by Crippen LogP contribution is 2.59. The molecule has 0 radical (unpaired) electrons. The van der Waals surface area contributed by atoms with Crippen LogP contribution in [0.25, 0.3) is 0 Å². The monoisotopic (exact) mass is 441 g/mol. The predicted molar refractivity (Wildman–Crippen MR) is 111 cm³/mol. The minimum absolute atomic E-state index is 0.226. The summed E-state index contributed by atoms with van der Waals surface area (Å²) in [6.07, 6.45) is 3.28. The summed E-state index contributed by atoms with van der Waals surface area (Å²) < 4.78 is 10.8. The molecule has 170 valence electrons. The van der Waals surface area contributed by atoms with Crippen LogP contribution in [-0.2, 0) is 32.2 Å². The van der Waals surface area contributed by atoms with Crippen molar-refractivity contribution in [2.45, 2.75) is 51.2 Å². The predicted octanol–water partition coefficient (Wildman–Crippen LogP) is 1.49. The molecule has 3 fully saturated rings. The minimum atomic E-state index is -0.634. The molecule has 32 heavy (non-hydrogen) atoms. The normalized spacial score (nSPS) is 26.0. The van der Waals surface area contributed by atoms with Crippen molar-refractivity contribution in [3.8, 4) is 0 Å². The Morgan fingerprint density at radius 1 is 1.25 bits per heavy atom. The van der Waals surface area contributed by atoms with E-state index >= 15 is 0 Å². The van der Waals surface area contributed by atoms with Crippen molar-refractivity contribution < 1.29 is 28.7 Å². The lowest BCUT2D eigenvalue weighted by Gasteiger charge is -2.29. The second kappa shape index (κ2) is 8.20. The van der Waals surface area contributed by atoms with E-state index in [4.69, 9.17) is 9.47 Å². The van der Waals surface area contributed by atoms with E-state index in [1.807, 2.05) is 12.1 Å². The summed E-state index contributed by atoms with van der Waals surface area (Å²) in [5, 5.41) is 5.06. The van der Waals surface area contributed by atoms with Gasteiger partial charge in [0.05, 0.1) is 6.61 Å². The number of carbonyl (C=O) groups excluding carboxylic acids is 4. The van der Waals surface area contributed by atoms with Crippen LogP contribution in [-0.4, -0.2) is 54.6 Å². The smallest absolute Gasteiger partial charge is 0.407 e. The van der Waals surface area contributed by atoms with Gasteiger partial charge in [-0.1, -0.05) is 12.1 Å². The first-order chi connectivity index (χ1) is 15.4. The number of ether oxygens (including phenoxy) is 2. The number of fused-ring (bicyclic) bond motifs is 1. The SMILES string of the molecule is O=C1CCC(N2Cc3ccc(CNC(=O)OCC4CC45CCOCC5)cc3C2=O)C(=O)N1. The largest absolute Gasteiger partial charge is 0.449 e. The van der Waals surface area contributed by atoms with Gasteiger partial charge in [-0.05, 0) is 54.2 Å². The number of nitrogens with zero attached hydrogens (tertiary/aromatic N) is 1. The highest BCUT2D eigenvalue weighted by Gasteiger charge is 2.54. The molecule has 3 aliphatic heterocycles. The van der Waals surface area contributed by atoms with Crippen LogP contribution in [0.1, 0.15) is 53.6 Å². The van der Waals surface area contributed by atoms with E-state index in [1.54, 1.807) is 6.07 Å². The Morgan fingerprint density at radius 3 is 2.84 bits per heavy atom. The van der Waals surface area contributed by atoms with Crippen molar-refractivity contribution in [3.05, 3.63) is 34.9 Å². The van der Waals surface area contributed by atoms with Crippen molar-refractivity contribution in [3.63, 3.8) is 0 Å². The van der Waals surface area contributed by atoms with Crippen LogP contribution in [0.15, 0.2) is 18.2 Å². The minimum Gasteiger partial charge on any atom is -0.449 e. The van der Waals surface area contributed by atoms with Crippen LogP contribution in [0.3, 0.4) is 0 Å². The number of benzene rings is 1. The number of hydrogen-bond donors (Lipinski definition) is 2. The van der Waals surface area contributed by atoms with E-state index in [-0.39, 0.29) is 24.8 Å². The lowest BCUT2D eigenvalue weighted by molar-refractivity contribution is -0.136. The fraction of sp³-hybridized carbons (Fsp3) is 0.565. The molecule has 2 N–H and O–H groups in total. The van der Waals surface area contributed by atoms with Gasteiger partial charge in [0, 0.05) is 38.3 Å². The summed E-state index contributed by atoms with van der Waals surface area (Å²) in [5.74, 6) is -0.534. The second-order valence-corrected chi connectivity index (χ2v) is 9.22. The highest BCUT2D eigenvalue weighted by molar-refractivity contribution is 6.05. The molecule has 2 atom stereocenters. The molecule has 1 aromatic rings. The van der Waals surface area contributed by atoms with Crippen molar-refractivity contribution in [2.75, 3.05) is 19.8 Å². The Kier molecular flexibility index (Phi) is 5.36. The van der Waals surface area contributed by atoms with E-state index in [1.165, 1.54) is 4.90 Å². The molecule has 9 nitrogen and oxygen atoms in total. The molecule has 2 unspecified atom stereocenters. The maximum atomic E-state index is 12.9. The van der Waals surface area contributed by atoms with Crippen molar-refractivity contribution >= 4 is 23.8 Å². The molecule has 3 heterocycles. The molecule has 1 spiro atoms. The van der Waals surface area contributed by atoms with Crippen LogP contribution >= 0.6 is 0 Å². The number of imide groups is 1. The number of amides is 4. The van der Waals surface area contributed by atoms with Gasteiger partial charge in [0.2, 0.25) is 11.8 Å². The Morgan fingerprint density at radius 2 is 2.06 bits per heavy atom. The van der Waals surface area contributed by atoms with Gasteiger partial charge in [-0.15, -0.1) is 0 Å². The fourth-order valence-corrected chi connectivity index (χ4v) is 5.17. The molecule has 1 aliphatic carbocycles. The molecule has 2 saturated heterocycles. The lowest BCUT2D eigenvalue weighted by atomic mass is 9.94. The first-order valence-corrected chi connectivity index (χ1v) is 11.2. The third kappa shape index (κ3) is 3.97. The van der Waals surface area contributed by atoms with Crippen LogP contribution in [0.2, 0.25) is 0 Å². The molecule has 1 aromatic carbocycles. The van der Waals surface area contributed by atoms with Crippen molar-refractivity contribution in [1.29, 1.82) is 0 Å². The van der Waals surface area contributed by atoms with E-state index in [2.05, 4.69) is 10.6 Å². The number of carbonyl (C=O) groups is 4. The topological polar surface area (TPSA) is 114 Å². The van der Waals surface area contributed by atoms with Crippen molar-refractivity contribution in [1.82, 2.24) is 15.5 Å². The van der Waals surface area contributed by atoms with Crippen LogP contribution in [0, 0.1) is 11.3 Å². The molecule has 0 aromatic heterocycles. The fourth-order valence-electron chi connectivity index (χ4n) is 5.17. The zero-order valence-electron chi connectivity index (χ0n) is 17.9. The zero-order chi connectivity index (χ0) is 22.3. The van der Waals surface area contributed by atoms with E-state index in [0.717, 1.165) is 43.6 Å². The highest BCUT2D eigenvalue weighted by atomic mass is 16.5. The third-order valence-electron chi connectivity index (χ3n) is 7.29. The number of rotatable bonds is 5. The summed E-state index contributed by atoms with van der Waals surface area (Å²) in [6.45, 7) is 2.60. The van der Waals surface area contributed by atoms with Crippen molar-refractivity contribution in [2.24, 2.45) is 11.3 Å². The van der Waals surface area contributed by atoms with Gasteiger partial charge in [-0.2, -0.15) is 0 Å². The molecular weight excluding hydrogens is 414 g/mol. The summed E-state index contributed by atoms with van der Waals surface area (Å²) in [7, 11) is 0. The molecule has 4 aliphatic rings. The van der Waals surface area contributed by atoms with Crippen LogP contribution in [0.4, 0.5) is 4.79 Å². The summed E-state index contributed by atoms with van der Waals surface area (Å²) in [6, 6.07) is 4.83. The quantitative estimate of drug-likeness (QED) is 0.670. The number of piperidine rings is 1. The molecule has 9 heteroatoms. The van der Waals surface area contributed by atoms with Gasteiger partial charge < -0.3 is 19.7 Å². The van der Waals surface area contributed by atoms with Crippen LogP contribution < -0.4 is 10.6 Å². The summed E-state index contributed by atoms with van der Waals surface area (Å²) >= 11 is 0. The Bertz CT molecular complexity index is 970. The summed E-state index contributed by atoms with van der Waals surface area (Å²) in [5.41, 5.74) is 2.46. The Balaban J connectivity index is 1.13. The number of nitrogens with one attached hydrogen (secondary N) is 2. The van der Waals surface area contributed by atoms with E-state index < -0.39 is 18.0 Å². The molecule has 5 rings (SSSR count).